The molecule has 0 atom stereocenters. The zero-order chi connectivity index (χ0) is 16.2. The van der Waals surface area contributed by atoms with E-state index < -0.39 is 5.54 Å². The molecule has 1 amide bonds. The van der Waals surface area contributed by atoms with Crippen LogP contribution in [0.2, 0.25) is 0 Å². The predicted molar refractivity (Wildman–Crippen MR) is 89.0 cm³/mol. The lowest BCUT2D eigenvalue weighted by molar-refractivity contribution is -0.126. The molecule has 1 aliphatic rings. The Hall–Kier alpha value is -1.55. The number of carbonyl (C=O) groups excluding carboxylic acids is 1. The zero-order valence-corrected chi connectivity index (χ0v) is 13.9. The largest absolute Gasteiger partial charge is 0.492 e. The molecule has 1 fully saturated rings. The van der Waals surface area contributed by atoms with Crippen LogP contribution in [0.1, 0.15) is 52.0 Å². The molecule has 0 aromatic heterocycles. The molecule has 2 rings (SSSR count). The minimum Gasteiger partial charge on any atom is -0.492 e. The van der Waals surface area contributed by atoms with E-state index in [0.29, 0.717) is 13.2 Å². The molecule has 1 saturated carbocycles. The number of nitrogens with one attached hydrogen (secondary N) is 1. The van der Waals surface area contributed by atoms with Gasteiger partial charge in [-0.2, -0.15) is 0 Å². The lowest BCUT2D eigenvalue weighted by atomic mass is 9.87. The number of benzene rings is 1. The smallest absolute Gasteiger partial charge is 0.240 e. The highest BCUT2D eigenvalue weighted by atomic mass is 16.5. The second-order valence-electron chi connectivity index (χ2n) is 7.25. The number of ether oxygens (including phenoxy) is 1. The van der Waals surface area contributed by atoms with E-state index in [2.05, 4.69) is 38.2 Å². The van der Waals surface area contributed by atoms with Crippen LogP contribution in [0.25, 0.3) is 0 Å². The number of nitrogens with two attached hydrogens (primary N) is 1. The molecule has 0 unspecified atom stereocenters. The first-order valence-electron chi connectivity index (χ1n) is 8.12. The van der Waals surface area contributed by atoms with E-state index >= 15 is 0 Å². The Labute approximate surface area is 133 Å². The molecule has 0 heterocycles. The van der Waals surface area contributed by atoms with Crippen LogP contribution in [0.3, 0.4) is 0 Å². The van der Waals surface area contributed by atoms with Gasteiger partial charge in [0.1, 0.15) is 12.4 Å². The third kappa shape index (κ3) is 4.23. The van der Waals surface area contributed by atoms with Crippen molar-refractivity contribution in [3.63, 3.8) is 0 Å². The normalized spacial score (nSPS) is 17.3. The molecule has 0 bridgehead atoms. The number of carbonyl (C=O) groups is 1. The molecule has 0 spiro atoms. The van der Waals surface area contributed by atoms with E-state index in [9.17, 15) is 4.79 Å². The van der Waals surface area contributed by atoms with Crippen molar-refractivity contribution >= 4 is 5.91 Å². The summed E-state index contributed by atoms with van der Waals surface area (Å²) in [6.07, 6.45) is 3.65. The second kappa shape index (κ2) is 6.69. The summed E-state index contributed by atoms with van der Waals surface area (Å²) in [4.78, 5) is 12.1. The van der Waals surface area contributed by atoms with Gasteiger partial charge in [0.2, 0.25) is 5.91 Å². The van der Waals surface area contributed by atoms with Crippen molar-refractivity contribution in [2.24, 2.45) is 5.73 Å². The van der Waals surface area contributed by atoms with Gasteiger partial charge in [-0.3, -0.25) is 4.79 Å². The number of hydrogen-bond donors (Lipinski definition) is 2. The molecule has 4 heteroatoms. The monoisotopic (exact) mass is 304 g/mol. The Kier molecular flexibility index (Phi) is 5.12. The van der Waals surface area contributed by atoms with E-state index in [1.165, 1.54) is 5.56 Å². The summed E-state index contributed by atoms with van der Waals surface area (Å²) in [6.45, 7) is 7.46. The molecule has 0 aliphatic heterocycles. The molecular formula is C18H28N2O2. The van der Waals surface area contributed by atoms with Gasteiger partial charge in [-0.25, -0.2) is 0 Å². The maximum Gasteiger partial charge on any atom is 0.240 e. The summed E-state index contributed by atoms with van der Waals surface area (Å²) in [7, 11) is 0. The van der Waals surface area contributed by atoms with Crippen molar-refractivity contribution in [3.8, 4) is 5.75 Å². The lowest BCUT2D eigenvalue weighted by Gasteiger charge is -2.22. The first-order chi connectivity index (χ1) is 10.3. The van der Waals surface area contributed by atoms with E-state index in [1.54, 1.807) is 0 Å². The van der Waals surface area contributed by atoms with Crippen LogP contribution in [0.4, 0.5) is 0 Å². The van der Waals surface area contributed by atoms with Gasteiger partial charge < -0.3 is 15.8 Å². The highest BCUT2D eigenvalue weighted by Crippen LogP contribution is 2.27. The summed E-state index contributed by atoms with van der Waals surface area (Å²) in [6, 6.07) is 8.11. The van der Waals surface area contributed by atoms with Crippen LogP contribution < -0.4 is 15.8 Å². The van der Waals surface area contributed by atoms with Crippen LogP contribution >= 0.6 is 0 Å². The molecular weight excluding hydrogens is 276 g/mol. The first kappa shape index (κ1) is 16.8. The fourth-order valence-corrected chi connectivity index (χ4v) is 2.79. The standard InChI is InChI=1S/C18H28N2O2/c1-17(2,3)14-7-6-8-15(13-14)22-12-11-20-16(21)18(19)9-4-5-10-18/h6-8,13H,4-5,9-12,19H2,1-3H3,(H,20,21). The predicted octanol–water partition coefficient (Wildman–Crippen LogP) is 2.75. The fraction of sp³-hybridized carbons (Fsp3) is 0.611. The van der Waals surface area contributed by atoms with E-state index in [4.69, 9.17) is 10.5 Å². The summed E-state index contributed by atoms with van der Waals surface area (Å²) < 4.78 is 5.73. The topological polar surface area (TPSA) is 64.3 Å². The average Bonchev–Trinajstić information content (AvgIpc) is 2.91. The van der Waals surface area contributed by atoms with Crippen molar-refractivity contribution < 1.29 is 9.53 Å². The number of amides is 1. The van der Waals surface area contributed by atoms with Crippen molar-refractivity contribution in [1.82, 2.24) is 5.32 Å². The summed E-state index contributed by atoms with van der Waals surface area (Å²) in [5.74, 6) is 0.794. The fourth-order valence-electron chi connectivity index (χ4n) is 2.79. The quantitative estimate of drug-likeness (QED) is 0.822. The maximum absolute atomic E-state index is 12.1. The van der Waals surface area contributed by atoms with Gasteiger partial charge in [-0.05, 0) is 36.0 Å². The molecule has 1 aliphatic carbocycles. The Morgan fingerprint density at radius 3 is 2.64 bits per heavy atom. The molecule has 22 heavy (non-hydrogen) atoms. The van der Waals surface area contributed by atoms with Crippen molar-refractivity contribution in [3.05, 3.63) is 29.8 Å². The minimum atomic E-state index is -0.661. The van der Waals surface area contributed by atoms with Crippen molar-refractivity contribution in [2.45, 2.75) is 57.4 Å². The Bertz CT molecular complexity index is 514. The highest BCUT2D eigenvalue weighted by molar-refractivity contribution is 5.86. The third-order valence-corrected chi connectivity index (χ3v) is 4.30. The average molecular weight is 304 g/mol. The Morgan fingerprint density at radius 1 is 1.32 bits per heavy atom. The Balaban J connectivity index is 1.78. The SMILES string of the molecule is CC(C)(C)c1cccc(OCCNC(=O)C2(N)CCCC2)c1. The Morgan fingerprint density at radius 2 is 2.00 bits per heavy atom. The molecule has 3 N–H and O–H groups in total. The van der Waals surface area contributed by atoms with Crippen LogP contribution in [-0.2, 0) is 10.2 Å². The van der Waals surface area contributed by atoms with Crippen LogP contribution in [0.5, 0.6) is 5.75 Å². The molecule has 4 nitrogen and oxygen atoms in total. The van der Waals surface area contributed by atoms with Crippen LogP contribution in [-0.4, -0.2) is 24.6 Å². The van der Waals surface area contributed by atoms with Gasteiger partial charge in [0.15, 0.2) is 0 Å². The van der Waals surface area contributed by atoms with Gasteiger partial charge in [0.25, 0.3) is 0 Å². The molecule has 0 radical (unpaired) electrons. The second-order valence-corrected chi connectivity index (χ2v) is 7.25. The van der Waals surface area contributed by atoms with E-state index in [1.807, 2.05) is 12.1 Å². The maximum atomic E-state index is 12.1. The summed E-state index contributed by atoms with van der Waals surface area (Å²) >= 11 is 0. The van der Waals surface area contributed by atoms with Crippen molar-refractivity contribution in [2.75, 3.05) is 13.2 Å². The van der Waals surface area contributed by atoms with Crippen molar-refractivity contribution in [1.29, 1.82) is 0 Å². The molecule has 1 aromatic rings. The zero-order valence-electron chi connectivity index (χ0n) is 13.9. The number of hydrogen-bond acceptors (Lipinski definition) is 3. The summed E-state index contributed by atoms with van der Waals surface area (Å²) in [5.41, 5.74) is 6.79. The van der Waals surface area contributed by atoms with Gasteiger partial charge in [-0.15, -0.1) is 0 Å². The minimum absolute atomic E-state index is 0.0444. The summed E-state index contributed by atoms with van der Waals surface area (Å²) in [5, 5.41) is 2.89. The van der Waals surface area contributed by atoms with Gasteiger partial charge >= 0.3 is 0 Å². The van der Waals surface area contributed by atoms with Crippen LogP contribution in [0.15, 0.2) is 24.3 Å². The molecule has 122 valence electrons. The third-order valence-electron chi connectivity index (χ3n) is 4.30. The van der Waals surface area contributed by atoms with E-state index in [-0.39, 0.29) is 11.3 Å². The lowest BCUT2D eigenvalue weighted by Crippen LogP contribution is -2.52. The first-order valence-corrected chi connectivity index (χ1v) is 8.12. The van der Waals surface area contributed by atoms with Gasteiger partial charge in [0.05, 0.1) is 12.1 Å². The van der Waals surface area contributed by atoms with Gasteiger partial charge in [-0.1, -0.05) is 45.7 Å². The molecule has 1 aromatic carbocycles. The van der Waals surface area contributed by atoms with Gasteiger partial charge in [0, 0.05) is 0 Å². The highest BCUT2D eigenvalue weighted by Gasteiger charge is 2.36. The number of rotatable bonds is 5. The van der Waals surface area contributed by atoms with E-state index in [0.717, 1.165) is 31.4 Å². The molecule has 0 saturated heterocycles. The van der Waals surface area contributed by atoms with Crippen LogP contribution in [0, 0.1) is 0 Å².